The smallest absolute Gasteiger partial charge is 1.00 e. The summed E-state index contributed by atoms with van der Waals surface area (Å²) in [6, 6.07) is 0. The zero-order valence-electron chi connectivity index (χ0n) is 9.77. The molecule has 0 aromatic heterocycles. The van der Waals surface area contributed by atoms with Crippen LogP contribution >= 0.6 is 0 Å². The Morgan fingerprint density at radius 1 is 1.21 bits per heavy atom. The quantitative estimate of drug-likeness (QED) is 0.368. The van der Waals surface area contributed by atoms with E-state index < -0.39 is 0 Å². The van der Waals surface area contributed by atoms with Crippen LogP contribution in [0.25, 0.3) is 0 Å². The molecular weight excluding hydrogens is 204 g/mol. The fraction of sp³-hybridized carbons (Fsp3) is 0.917. The summed E-state index contributed by atoms with van der Waals surface area (Å²) in [4.78, 5) is 0. The predicted octanol–water partition coefficient (Wildman–Crippen LogP) is 0.686. The maximum Gasteiger partial charge on any atom is 2.00 e. The number of hydrogen-bond donors (Lipinski definition) is 0. The Hall–Kier alpha value is 1.06. The first-order valence-corrected chi connectivity index (χ1v) is 5.58. The summed E-state index contributed by atoms with van der Waals surface area (Å²) in [6.45, 7) is 8.81. The first-order valence-electron chi connectivity index (χ1n) is 5.58. The molecule has 0 aliphatic heterocycles. The molecule has 0 heterocycles. The summed E-state index contributed by atoms with van der Waals surface area (Å²) < 4.78 is 0. The van der Waals surface area contributed by atoms with E-state index in [9.17, 15) is 0 Å². The number of hydrogen-bond acceptors (Lipinski definition) is 0. The van der Waals surface area contributed by atoms with Gasteiger partial charge in [-0.25, -0.2) is 0 Å². The van der Waals surface area contributed by atoms with Gasteiger partial charge in [-0.2, -0.15) is 5.92 Å². The molecule has 0 aromatic rings. The Labute approximate surface area is 112 Å². The molecule has 1 aliphatic rings. The zero-order chi connectivity index (χ0) is 8.97. The van der Waals surface area contributed by atoms with E-state index in [1.165, 1.54) is 38.5 Å². The standard InChI is InChI=1S/C12H23.ClH.Mg/c1-4-5-6-7-8-12-9-10(2)11(12)3;;/h10-12H,3-9H2,1-2H3;1H;/q-1;;+2/p-1/t10-,11+,12+;;/m1../s1. The molecule has 3 atom stereocenters. The van der Waals surface area contributed by atoms with Gasteiger partial charge >= 0.3 is 23.1 Å². The van der Waals surface area contributed by atoms with E-state index in [1.807, 2.05) is 0 Å². The molecule has 0 amide bonds. The van der Waals surface area contributed by atoms with Crippen LogP contribution in [0.3, 0.4) is 0 Å². The average Bonchev–Trinajstić information content (AvgIpc) is 2.10. The Kier molecular flexibility index (Phi) is 11.6. The molecule has 2 heteroatoms. The minimum Gasteiger partial charge on any atom is -1.00 e. The maximum atomic E-state index is 4.21. The van der Waals surface area contributed by atoms with Gasteiger partial charge in [0, 0.05) is 0 Å². The fourth-order valence-corrected chi connectivity index (χ4v) is 2.26. The van der Waals surface area contributed by atoms with Crippen LogP contribution in [0.15, 0.2) is 0 Å². The number of unbranched alkanes of at least 4 members (excludes halogenated alkanes) is 3. The Balaban J connectivity index is 0. The fourth-order valence-electron chi connectivity index (χ4n) is 2.26. The van der Waals surface area contributed by atoms with Crippen molar-refractivity contribution in [1.29, 1.82) is 0 Å². The van der Waals surface area contributed by atoms with Gasteiger partial charge in [-0.15, -0.1) is 0 Å². The van der Waals surface area contributed by atoms with Crippen molar-refractivity contribution in [2.75, 3.05) is 0 Å². The van der Waals surface area contributed by atoms with Crippen molar-refractivity contribution < 1.29 is 12.4 Å². The third-order valence-electron chi connectivity index (χ3n) is 3.44. The van der Waals surface area contributed by atoms with Gasteiger partial charge in [0.05, 0.1) is 0 Å². The molecule has 1 rings (SSSR count). The summed E-state index contributed by atoms with van der Waals surface area (Å²) in [5.74, 6) is 2.64. The molecule has 0 N–H and O–H groups in total. The van der Waals surface area contributed by atoms with Crippen LogP contribution in [-0.2, 0) is 0 Å². The van der Waals surface area contributed by atoms with Gasteiger partial charge in [-0.1, -0.05) is 64.2 Å². The first kappa shape index (κ1) is 17.5. The largest absolute Gasteiger partial charge is 2.00 e. The van der Waals surface area contributed by atoms with Crippen LogP contribution in [-0.4, -0.2) is 23.1 Å². The third kappa shape index (κ3) is 5.23. The van der Waals surface area contributed by atoms with E-state index in [0.717, 1.165) is 17.8 Å². The van der Waals surface area contributed by atoms with Crippen molar-refractivity contribution in [3.63, 3.8) is 0 Å². The molecule has 0 nitrogen and oxygen atoms in total. The molecular formula is C12H23ClMg. The summed E-state index contributed by atoms with van der Waals surface area (Å²) in [5, 5.41) is 0. The van der Waals surface area contributed by atoms with Crippen LogP contribution in [0.4, 0.5) is 0 Å². The van der Waals surface area contributed by atoms with Gasteiger partial charge in [0.25, 0.3) is 0 Å². The molecule has 0 aromatic carbocycles. The second-order valence-corrected chi connectivity index (χ2v) is 4.49. The van der Waals surface area contributed by atoms with Gasteiger partial charge in [0.15, 0.2) is 0 Å². The van der Waals surface area contributed by atoms with Crippen LogP contribution in [0.2, 0.25) is 0 Å². The SMILES string of the molecule is [CH2-][C@@H]1[C@@H](CCCCCC)C[C@H]1C.[Cl-].[Mg+2]. The monoisotopic (exact) mass is 226 g/mol. The molecule has 1 aliphatic carbocycles. The maximum absolute atomic E-state index is 4.21. The topological polar surface area (TPSA) is 0 Å². The number of rotatable bonds is 5. The van der Waals surface area contributed by atoms with Crippen LogP contribution < -0.4 is 12.4 Å². The molecule has 0 saturated heterocycles. The normalized spacial score (nSPS) is 29.8. The third-order valence-corrected chi connectivity index (χ3v) is 3.44. The first-order chi connectivity index (χ1) is 5.75. The van der Waals surface area contributed by atoms with E-state index in [1.54, 1.807) is 0 Å². The summed E-state index contributed by atoms with van der Waals surface area (Å²) in [5.41, 5.74) is 0. The summed E-state index contributed by atoms with van der Waals surface area (Å²) in [7, 11) is 0. The van der Waals surface area contributed by atoms with Crippen molar-refractivity contribution in [3.05, 3.63) is 6.92 Å². The average molecular weight is 227 g/mol. The molecule has 1 saturated carbocycles. The van der Waals surface area contributed by atoms with Crippen LogP contribution in [0.1, 0.15) is 52.4 Å². The molecule has 80 valence electrons. The van der Waals surface area contributed by atoms with Crippen molar-refractivity contribution in [2.24, 2.45) is 17.8 Å². The molecule has 1 fully saturated rings. The Bertz CT molecular complexity index is 127. The van der Waals surface area contributed by atoms with Crippen LogP contribution in [0.5, 0.6) is 0 Å². The van der Waals surface area contributed by atoms with Crippen molar-refractivity contribution >= 4 is 23.1 Å². The van der Waals surface area contributed by atoms with Gasteiger partial charge in [0.2, 0.25) is 0 Å². The molecule has 0 spiro atoms. The van der Waals surface area contributed by atoms with Gasteiger partial charge in [0.1, 0.15) is 0 Å². The van der Waals surface area contributed by atoms with E-state index in [4.69, 9.17) is 0 Å². The Morgan fingerprint density at radius 3 is 2.29 bits per heavy atom. The Morgan fingerprint density at radius 2 is 1.86 bits per heavy atom. The minimum atomic E-state index is 0. The molecule has 14 heavy (non-hydrogen) atoms. The second-order valence-electron chi connectivity index (χ2n) is 4.49. The molecule has 0 unspecified atom stereocenters. The van der Waals surface area contributed by atoms with E-state index >= 15 is 0 Å². The minimum absolute atomic E-state index is 0. The van der Waals surface area contributed by atoms with E-state index in [-0.39, 0.29) is 35.5 Å². The van der Waals surface area contributed by atoms with Crippen molar-refractivity contribution in [2.45, 2.75) is 52.4 Å². The molecule has 0 bridgehead atoms. The van der Waals surface area contributed by atoms with Gasteiger partial charge < -0.3 is 19.3 Å². The van der Waals surface area contributed by atoms with Gasteiger partial charge in [-0.05, 0) is 0 Å². The predicted molar refractivity (Wildman–Crippen MR) is 60.6 cm³/mol. The zero-order valence-corrected chi connectivity index (χ0v) is 11.9. The summed E-state index contributed by atoms with van der Waals surface area (Å²) in [6.07, 6.45) is 8.54. The molecule has 0 radical (unpaired) electrons. The number of halogens is 1. The van der Waals surface area contributed by atoms with Crippen LogP contribution in [0, 0.1) is 24.7 Å². The van der Waals surface area contributed by atoms with Crippen molar-refractivity contribution in [3.8, 4) is 0 Å². The second kappa shape index (κ2) is 9.29. The van der Waals surface area contributed by atoms with Crippen molar-refractivity contribution in [1.82, 2.24) is 0 Å². The van der Waals surface area contributed by atoms with Gasteiger partial charge in [-0.3, -0.25) is 0 Å². The van der Waals surface area contributed by atoms with E-state index in [2.05, 4.69) is 20.8 Å². The van der Waals surface area contributed by atoms with E-state index in [0.29, 0.717) is 0 Å². The summed E-state index contributed by atoms with van der Waals surface area (Å²) >= 11 is 0.